The zero-order chi connectivity index (χ0) is 20.2. The van der Waals surface area contributed by atoms with Gasteiger partial charge in [-0.25, -0.2) is 9.67 Å². The van der Waals surface area contributed by atoms with E-state index < -0.39 is 5.91 Å². The second-order valence-electron chi connectivity index (χ2n) is 6.23. The van der Waals surface area contributed by atoms with Gasteiger partial charge in [0.25, 0.3) is 5.91 Å². The SMILES string of the molecule is COc1cccc(-c2nn(-c3ccccc3)cc2C(=O)Nc2ncccc2O)c1. The summed E-state index contributed by atoms with van der Waals surface area (Å²) in [4.78, 5) is 17.0. The van der Waals surface area contributed by atoms with E-state index in [0.29, 0.717) is 17.0 Å². The minimum absolute atomic E-state index is 0.0848. The van der Waals surface area contributed by atoms with Gasteiger partial charge in [0.1, 0.15) is 11.4 Å². The molecule has 4 aromatic rings. The molecule has 4 rings (SSSR count). The molecule has 0 bridgehead atoms. The summed E-state index contributed by atoms with van der Waals surface area (Å²) in [6, 6.07) is 19.9. The van der Waals surface area contributed by atoms with Gasteiger partial charge in [0, 0.05) is 18.0 Å². The second kappa shape index (κ2) is 7.85. The van der Waals surface area contributed by atoms with E-state index in [1.165, 1.54) is 12.3 Å². The number of hydrogen-bond acceptors (Lipinski definition) is 5. The fourth-order valence-electron chi connectivity index (χ4n) is 2.90. The number of benzene rings is 2. The van der Waals surface area contributed by atoms with E-state index in [9.17, 15) is 9.90 Å². The first kappa shape index (κ1) is 18.2. The highest BCUT2D eigenvalue weighted by Gasteiger charge is 2.20. The van der Waals surface area contributed by atoms with E-state index in [1.54, 1.807) is 24.1 Å². The van der Waals surface area contributed by atoms with Crippen molar-refractivity contribution < 1.29 is 14.6 Å². The highest BCUT2D eigenvalue weighted by Crippen LogP contribution is 2.28. The number of hydrogen-bond donors (Lipinski definition) is 2. The molecule has 0 atom stereocenters. The first-order valence-corrected chi connectivity index (χ1v) is 8.90. The lowest BCUT2D eigenvalue weighted by molar-refractivity contribution is 0.102. The topological polar surface area (TPSA) is 89.3 Å². The number of para-hydroxylation sites is 1. The van der Waals surface area contributed by atoms with Crippen molar-refractivity contribution in [3.8, 4) is 28.4 Å². The number of aromatic hydroxyl groups is 1. The molecule has 7 nitrogen and oxygen atoms in total. The quantitative estimate of drug-likeness (QED) is 0.543. The number of carbonyl (C=O) groups is 1. The maximum atomic E-state index is 13.0. The van der Waals surface area contributed by atoms with E-state index in [0.717, 1.165) is 11.3 Å². The van der Waals surface area contributed by atoms with Crippen LogP contribution in [-0.2, 0) is 0 Å². The molecule has 2 aromatic carbocycles. The van der Waals surface area contributed by atoms with Gasteiger partial charge in [0.15, 0.2) is 11.6 Å². The maximum absolute atomic E-state index is 13.0. The Morgan fingerprint density at radius 1 is 1.07 bits per heavy atom. The molecule has 144 valence electrons. The van der Waals surface area contributed by atoms with Gasteiger partial charge in [-0.1, -0.05) is 30.3 Å². The maximum Gasteiger partial charge on any atom is 0.260 e. The lowest BCUT2D eigenvalue weighted by Crippen LogP contribution is -2.13. The van der Waals surface area contributed by atoms with Crippen molar-refractivity contribution in [3.63, 3.8) is 0 Å². The Hall–Kier alpha value is -4.13. The van der Waals surface area contributed by atoms with Gasteiger partial charge in [-0.15, -0.1) is 0 Å². The number of rotatable bonds is 5. The van der Waals surface area contributed by atoms with Crippen molar-refractivity contribution in [2.75, 3.05) is 12.4 Å². The van der Waals surface area contributed by atoms with Crippen molar-refractivity contribution in [2.45, 2.75) is 0 Å². The molecule has 2 N–H and O–H groups in total. The van der Waals surface area contributed by atoms with Gasteiger partial charge in [-0.2, -0.15) is 5.10 Å². The van der Waals surface area contributed by atoms with E-state index in [-0.39, 0.29) is 11.6 Å². The highest BCUT2D eigenvalue weighted by atomic mass is 16.5. The predicted octanol–water partition coefficient (Wildman–Crippen LogP) is 3.90. The van der Waals surface area contributed by atoms with Crippen LogP contribution in [0.5, 0.6) is 11.5 Å². The molecular weight excluding hydrogens is 368 g/mol. The van der Waals surface area contributed by atoms with Gasteiger partial charge in [-0.05, 0) is 36.4 Å². The number of amides is 1. The number of carbonyl (C=O) groups excluding carboxylic acids is 1. The molecule has 0 saturated carbocycles. The summed E-state index contributed by atoms with van der Waals surface area (Å²) >= 11 is 0. The summed E-state index contributed by atoms with van der Waals surface area (Å²) < 4.78 is 6.94. The fourth-order valence-corrected chi connectivity index (χ4v) is 2.90. The van der Waals surface area contributed by atoms with Crippen LogP contribution in [0.25, 0.3) is 16.9 Å². The summed E-state index contributed by atoms with van der Waals surface area (Å²) in [5.41, 5.74) is 2.37. The molecule has 0 radical (unpaired) electrons. The van der Waals surface area contributed by atoms with Crippen LogP contribution in [0.4, 0.5) is 5.82 Å². The first-order chi connectivity index (χ1) is 14.2. The Bertz CT molecular complexity index is 1160. The molecule has 0 spiro atoms. The Balaban J connectivity index is 1.79. The standard InChI is InChI=1S/C22H18N4O3/c1-29-17-10-5-7-15(13-17)20-18(14-26(25-20)16-8-3-2-4-9-16)22(28)24-21-19(27)11-6-12-23-21/h2-14,27H,1H3,(H,23,24,28). The Labute approximate surface area is 167 Å². The molecule has 0 aliphatic rings. The zero-order valence-corrected chi connectivity index (χ0v) is 15.6. The Kier molecular flexibility index (Phi) is 4.94. The highest BCUT2D eigenvalue weighted by molar-refractivity contribution is 6.08. The zero-order valence-electron chi connectivity index (χ0n) is 15.6. The molecule has 0 fully saturated rings. The van der Waals surface area contributed by atoms with Crippen molar-refractivity contribution in [3.05, 3.63) is 84.7 Å². The van der Waals surface area contributed by atoms with Crippen LogP contribution >= 0.6 is 0 Å². The molecule has 0 saturated heterocycles. The van der Waals surface area contributed by atoms with Crippen LogP contribution in [0.3, 0.4) is 0 Å². The number of ether oxygens (including phenoxy) is 1. The summed E-state index contributed by atoms with van der Waals surface area (Å²) in [6.07, 6.45) is 3.14. The normalized spacial score (nSPS) is 10.5. The smallest absolute Gasteiger partial charge is 0.260 e. The number of pyridine rings is 1. The van der Waals surface area contributed by atoms with Crippen molar-refractivity contribution in [1.82, 2.24) is 14.8 Å². The lowest BCUT2D eigenvalue weighted by atomic mass is 10.1. The van der Waals surface area contributed by atoms with Gasteiger partial charge in [0.05, 0.1) is 18.4 Å². The molecule has 0 aliphatic carbocycles. The average Bonchev–Trinajstić information content (AvgIpc) is 3.22. The third kappa shape index (κ3) is 3.79. The van der Waals surface area contributed by atoms with Crippen LogP contribution in [0.15, 0.2) is 79.1 Å². The van der Waals surface area contributed by atoms with Crippen molar-refractivity contribution >= 4 is 11.7 Å². The summed E-state index contributed by atoms with van der Waals surface area (Å²) in [7, 11) is 1.58. The van der Waals surface area contributed by atoms with Gasteiger partial charge in [0.2, 0.25) is 0 Å². The summed E-state index contributed by atoms with van der Waals surface area (Å²) in [5.74, 6) is 0.199. The van der Waals surface area contributed by atoms with E-state index in [4.69, 9.17) is 4.74 Å². The summed E-state index contributed by atoms with van der Waals surface area (Å²) in [6.45, 7) is 0. The molecule has 29 heavy (non-hydrogen) atoms. The van der Waals surface area contributed by atoms with Gasteiger partial charge in [-0.3, -0.25) is 4.79 Å². The molecule has 0 unspecified atom stereocenters. The van der Waals surface area contributed by atoms with Crippen LogP contribution < -0.4 is 10.1 Å². The van der Waals surface area contributed by atoms with E-state index in [1.807, 2.05) is 54.6 Å². The van der Waals surface area contributed by atoms with Crippen LogP contribution in [0.1, 0.15) is 10.4 Å². The number of methoxy groups -OCH3 is 1. The lowest BCUT2D eigenvalue weighted by Gasteiger charge is -2.07. The van der Waals surface area contributed by atoms with E-state index in [2.05, 4.69) is 15.4 Å². The molecule has 7 heteroatoms. The largest absolute Gasteiger partial charge is 0.504 e. The average molecular weight is 386 g/mol. The monoisotopic (exact) mass is 386 g/mol. The van der Waals surface area contributed by atoms with Gasteiger partial charge < -0.3 is 15.2 Å². The second-order valence-corrected chi connectivity index (χ2v) is 6.23. The summed E-state index contributed by atoms with van der Waals surface area (Å²) in [5, 5.41) is 17.2. The number of nitrogens with zero attached hydrogens (tertiary/aromatic N) is 3. The minimum Gasteiger partial charge on any atom is -0.504 e. The Morgan fingerprint density at radius 3 is 2.66 bits per heavy atom. The predicted molar refractivity (Wildman–Crippen MR) is 109 cm³/mol. The number of anilines is 1. The fraction of sp³-hybridized carbons (Fsp3) is 0.0455. The third-order valence-electron chi connectivity index (χ3n) is 4.34. The Morgan fingerprint density at radius 2 is 1.90 bits per heavy atom. The number of nitrogens with one attached hydrogen (secondary N) is 1. The minimum atomic E-state index is -0.431. The third-order valence-corrected chi connectivity index (χ3v) is 4.34. The van der Waals surface area contributed by atoms with Crippen molar-refractivity contribution in [2.24, 2.45) is 0 Å². The molecule has 2 aromatic heterocycles. The van der Waals surface area contributed by atoms with Gasteiger partial charge >= 0.3 is 0 Å². The molecule has 2 heterocycles. The van der Waals surface area contributed by atoms with Crippen LogP contribution in [0, 0.1) is 0 Å². The van der Waals surface area contributed by atoms with Crippen LogP contribution in [-0.4, -0.2) is 32.9 Å². The molecular formula is C22H18N4O3. The molecule has 1 amide bonds. The van der Waals surface area contributed by atoms with Crippen molar-refractivity contribution in [1.29, 1.82) is 0 Å². The van der Waals surface area contributed by atoms with E-state index >= 15 is 0 Å². The molecule has 0 aliphatic heterocycles. The first-order valence-electron chi connectivity index (χ1n) is 8.90. The number of aromatic nitrogens is 3. The van der Waals surface area contributed by atoms with Crippen LogP contribution in [0.2, 0.25) is 0 Å².